The molecule has 0 atom stereocenters. The van der Waals surface area contributed by atoms with Crippen LogP contribution in [0.2, 0.25) is 5.02 Å². The number of benzene rings is 1. The van der Waals surface area contributed by atoms with Gasteiger partial charge >= 0.3 is 0 Å². The van der Waals surface area contributed by atoms with E-state index >= 15 is 0 Å². The molecule has 0 unspecified atom stereocenters. The summed E-state index contributed by atoms with van der Waals surface area (Å²) in [6.07, 6.45) is 8.54. The summed E-state index contributed by atoms with van der Waals surface area (Å²) in [7, 11) is 0. The van der Waals surface area contributed by atoms with Crippen LogP contribution in [0.25, 0.3) is 22.0 Å². The maximum Gasteiger partial charge on any atom is 0.245 e. The molecule has 3 aromatic rings. The molecule has 3 saturated heterocycles. The van der Waals surface area contributed by atoms with Crippen molar-refractivity contribution in [3.63, 3.8) is 0 Å². The van der Waals surface area contributed by atoms with Crippen molar-refractivity contribution in [3.05, 3.63) is 41.2 Å². The van der Waals surface area contributed by atoms with E-state index in [-0.39, 0.29) is 17.5 Å². The average molecular weight is 622 g/mol. The predicted octanol–water partition coefficient (Wildman–Crippen LogP) is 4.75. The highest BCUT2D eigenvalue weighted by Gasteiger charge is 2.48. The number of halogens is 1. The van der Waals surface area contributed by atoms with Crippen molar-refractivity contribution in [2.75, 3.05) is 70.6 Å². The van der Waals surface area contributed by atoms with Gasteiger partial charge in [-0.15, -0.1) is 0 Å². The number of rotatable bonds is 6. The number of hydrogen-bond donors (Lipinski definition) is 1. The Labute approximate surface area is 264 Å². The number of nitrogens with one attached hydrogen (secondary N) is 1. The van der Waals surface area contributed by atoms with Crippen LogP contribution < -0.4 is 4.90 Å². The van der Waals surface area contributed by atoms with E-state index in [0.29, 0.717) is 32.2 Å². The zero-order valence-electron chi connectivity index (χ0n) is 26.0. The van der Waals surface area contributed by atoms with Gasteiger partial charge in [0, 0.05) is 67.4 Å². The molecule has 44 heavy (non-hydrogen) atoms. The smallest absolute Gasteiger partial charge is 0.245 e. The number of H-pyrrole nitrogens is 1. The molecule has 0 bridgehead atoms. The molecule has 3 aliphatic heterocycles. The third-order valence-corrected chi connectivity index (χ3v) is 10.9. The van der Waals surface area contributed by atoms with E-state index in [1.807, 2.05) is 11.1 Å². The Kier molecular flexibility index (Phi) is 8.20. The Balaban J connectivity index is 1.27. The number of carbonyl (C=O) groups is 1. The van der Waals surface area contributed by atoms with Crippen molar-refractivity contribution in [1.29, 1.82) is 0 Å². The van der Waals surface area contributed by atoms with Crippen LogP contribution in [0.4, 0.5) is 5.82 Å². The number of aromatic nitrogens is 4. The fraction of sp³-hybridized carbons (Fsp3) is 0.606. The lowest BCUT2D eigenvalue weighted by molar-refractivity contribution is -0.127. The third kappa shape index (κ3) is 5.23. The van der Waals surface area contributed by atoms with E-state index in [1.54, 1.807) is 0 Å². The number of fused-ring (bicyclic) bond motifs is 1. The quantitative estimate of drug-likeness (QED) is 0.397. The zero-order valence-corrected chi connectivity index (χ0v) is 26.7. The molecule has 1 amide bonds. The Morgan fingerprint density at radius 1 is 1.14 bits per heavy atom. The molecule has 4 aliphatic rings. The van der Waals surface area contributed by atoms with E-state index in [4.69, 9.17) is 26.2 Å². The lowest BCUT2D eigenvalue weighted by atomic mass is 9.73. The van der Waals surface area contributed by atoms with Gasteiger partial charge in [0.05, 0.1) is 54.7 Å². The van der Waals surface area contributed by atoms with Crippen LogP contribution in [0.5, 0.6) is 0 Å². The summed E-state index contributed by atoms with van der Waals surface area (Å²) in [5, 5.41) is 14.8. The summed E-state index contributed by atoms with van der Waals surface area (Å²) in [5.74, 6) is 1.43. The van der Waals surface area contributed by atoms with Gasteiger partial charge in [-0.1, -0.05) is 18.2 Å². The highest BCUT2D eigenvalue weighted by Crippen LogP contribution is 2.49. The fourth-order valence-corrected chi connectivity index (χ4v) is 8.19. The highest BCUT2D eigenvalue weighted by atomic mass is 35.5. The summed E-state index contributed by atoms with van der Waals surface area (Å²) in [6, 6.07) is 2.28. The van der Waals surface area contributed by atoms with Crippen molar-refractivity contribution < 1.29 is 14.3 Å². The number of piperazine rings is 1. The molecule has 1 saturated carbocycles. The number of anilines is 1. The molecule has 1 spiro atoms. The minimum atomic E-state index is 0.00248. The van der Waals surface area contributed by atoms with Crippen LogP contribution in [-0.2, 0) is 14.3 Å². The first-order chi connectivity index (χ1) is 21.4. The monoisotopic (exact) mass is 621 g/mol. The Bertz CT molecular complexity index is 1530. The second kappa shape index (κ2) is 12.1. The summed E-state index contributed by atoms with van der Waals surface area (Å²) < 4.78 is 13.9. The third-order valence-electron chi connectivity index (χ3n) is 10.4. The van der Waals surface area contributed by atoms with Crippen molar-refractivity contribution in [1.82, 2.24) is 29.8 Å². The van der Waals surface area contributed by atoms with Crippen molar-refractivity contribution in [2.45, 2.75) is 57.5 Å². The van der Waals surface area contributed by atoms with Gasteiger partial charge in [0.1, 0.15) is 0 Å². The molecule has 11 heteroatoms. The van der Waals surface area contributed by atoms with Gasteiger partial charge in [0.15, 0.2) is 5.82 Å². The molecule has 1 aliphatic carbocycles. The minimum absolute atomic E-state index is 0.00248. The Hall–Kier alpha value is -2.92. The molecule has 5 heterocycles. The van der Waals surface area contributed by atoms with Crippen LogP contribution in [0, 0.1) is 19.8 Å². The molecule has 10 nitrogen and oxygen atoms in total. The Morgan fingerprint density at radius 3 is 2.57 bits per heavy atom. The second-order valence-corrected chi connectivity index (χ2v) is 13.6. The number of aryl methyl sites for hydroxylation is 1. The first-order valence-electron chi connectivity index (χ1n) is 16.2. The maximum atomic E-state index is 12.3. The number of carbonyl (C=O) groups excluding carboxylic acids is 1. The number of likely N-dealkylation sites (tertiary alicyclic amines) is 1. The number of nitrogens with zero attached hydrogens (tertiary/aromatic N) is 6. The van der Waals surface area contributed by atoms with E-state index in [0.717, 1.165) is 109 Å². The average Bonchev–Trinajstić information content (AvgIpc) is 3.51. The number of aromatic amines is 1. The molecule has 4 fully saturated rings. The van der Waals surface area contributed by atoms with E-state index in [9.17, 15) is 4.79 Å². The molecule has 1 aromatic carbocycles. The number of piperidine rings is 1. The summed E-state index contributed by atoms with van der Waals surface area (Å²) in [6.45, 7) is 16.1. The van der Waals surface area contributed by atoms with Crippen molar-refractivity contribution in [2.24, 2.45) is 5.92 Å². The van der Waals surface area contributed by atoms with Crippen LogP contribution in [0.15, 0.2) is 24.9 Å². The molecule has 2 aromatic heterocycles. The van der Waals surface area contributed by atoms with Crippen LogP contribution in [0.3, 0.4) is 0 Å². The van der Waals surface area contributed by atoms with Crippen LogP contribution in [0.1, 0.15) is 49.4 Å². The molecule has 236 valence electrons. The van der Waals surface area contributed by atoms with E-state index in [1.165, 1.54) is 12.5 Å². The zero-order chi connectivity index (χ0) is 30.4. The fourth-order valence-electron chi connectivity index (χ4n) is 7.94. The lowest BCUT2D eigenvalue weighted by Gasteiger charge is -2.56. The molecule has 1 N–H and O–H groups in total. The predicted molar refractivity (Wildman–Crippen MR) is 172 cm³/mol. The van der Waals surface area contributed by atoms with Gasteiger partial charge in [-0.2, -0.15) is 10.2 Å². The van der Waals surface area contributed by atoms with E-state index < -0.39 is 0 Å². The van der Waals surface area contributed by atoms with Gasteiger partial charge in [0.25, 0.3) is 0 Å². The topological polar surface area (TPSA) is 91.8 Å². The number of amides is 1. The largest absolute Gasteiger partial charge is 0.379 e. The van der Waals surface area contributed by atoms with Gasteiger partial charge < -0.3 is 19.3 Å². The van der Waals surface area contributed by atoms with Gasteiger partial charge in [-0.05, 0) is 63.7 Å². The molecule has 0 radical (unpaired) electrons. The van der Waals surface area contributed by atoms with Crippen molar-refractivity contribution >= 4 is 34.2 Å². The maximum absolute atomic E-state index is 12.3. The van der Waals surface area contributed by atoms with E-state index in [2.05, 4.69) is 51.2 Å². The number of hydrogen-bond acceptors (Lipinski definition) is 7. The van der Waals surface area contributed by atoms with Crippen LogP contribution in [-0.4, -0.2) is 107 Å². The SMILES string of the molecule is C=CC(=O)N1CCC(n2nc(N3CCN(CC4COCCOC4)CC34CCC4)c(-c3c(Cl)c(C)cc4[nH]ncc34)c2C)CC1. The van der Waals surface area contributed by atoms with Gasteiger partial charge in [-0.25, -0.2) is 0 Å². The minimum Gasteiger partial charge on any atom is -0.379 e. The summed E-state index contributed by atoms with van der Waals surface area (Å²) in [4.78, 5) is 19.5. The molecule has 7 rings (SSSR count). The Morgan fingerprint density at radius 2 is 1.89 bits per heavy atom. The highest BCUT2D eigenvalue weighted by molar-refractivity contribution is 6.36. The molecular weight excluding hydrogens is 578 g/mol. The number of ether oxygens (including phenoxy) is 2. The lowest BCUT2D eigenvalue weighted by Crippen LogP contribution is -2.66. The standard InChI is InChI=1S/C33H44ClN7O3/c1-4-28(42)39-10-6-25(7-11-39)41-23(3)29(30-26-17-35-36-27(26)16-22(2)31(30)34)32(37-41)40-13-12-38(21-33(40)8-5-9-33)18-24-19-43-14-15-44-20-24/h4,16-17,24-25H,1,5-15,18-21H2,2-3H3,(H,35,36). The summed E-state index contributed by atoms with van der Waals surface area (Å²) >= 11 is 7.19. The van der Waals surface area contributed by atoms with Crippen LogP contribution >= 0.6 is 11.6 Å². The first-order valence-corrected chi connectivity index (χ1v) is 16.5. The second-order valence-electron chi connectivity index (χ2n) is 13.2. The van der Waals surface area contributed by atoms with Gasteiger partial charge in [-0.3, -0.25) is 19.5 Å². The first kappa shape index (κ1) is 29.8. The normalized spacial score (nSPS) is 22.0. The van der Waals surface area contributed by atoms with Gasteiger partial charge in [0.2, 0.25) is 5.91 Å². The summed E-state index contributed by atoms with van der Waals surface area (Å²) in [5.41, 5.74) is 5.28. The van der Waals surface area contributed by atoms with Crippen molar-refractivity contribution in [3.8, 4) is 11.1 Å². The molecular formula is C33H44ClN7O3.